The average molecular weight is 646 g/mol. The number of aliphatic carboxylic acids is 1. The molecular formula is C31H33F2N3O8S. The molecule has 0 saturated heterocycles. The molecule has 2 saturated carbocycles. The van der Waals surface area contributed by atoms with E-state index < -0.39 is 35.5 Å². The molecule has 0 bridgehead atoms. The number of aliphatic hydroxyl groups excluding tert-OH is 1. The quantitative estimate of drug-likeness (QED) is 0.246. The first kappa shape index (κ1) is 31.1. The summed E-state index contributed by atoms with van der Waals surface area (Å²) < 4.78 is 45.9. The molecule has 45 heavy (non-hydrogen) atoms. The molecule has 11 nitrogen and oxygen atoms in total. The molecule has 3 aromatic heterocycles. The molecule has 2 N–H and O–H groups in total. The lowest BCUT2D eigenvalue weighted by molar-refractivity contribution is -0.146. The first-order valence-electron chi connectivity index (χ1n) is 14.7. The van der Waals surface area contributed by atoms with Gasteiger partial charge in [-0.1, -0.05) is 18.2 Å². The van der Waals surface area contributed by atoms with Gasteiger partial charge in [-0.3, -0.25) is 9.36 Å². The van der Waals surface area contributed by atoms with E-state index in [2.05, 4.69) is 4.98 Å². The van der Waals surface area contributed by atoms with Crippen molar-refractivity contribution in [2.24, 2.45) is 11.8 Å². The number of carboxylic acids is 1. The van der Waals surface area contributed by atoms with Gasteiger partial charge in [0, 0.05) is 5.56 Å². The molecule has 1 aromatic carbocycles. The predicted octanol–water partition coefficient (Wildman–Crippen LogP) is 4.92. The number of aryl methyl sites for hydroxylation is 1. The highest BCUT2D eigenvalue weighted by Gasteiger charge is 2.43. The predicted molar refractivity (Wildman–Crippen MR) is 160 cm³/mol. The standard InChI is InChI=1S/C31H33F2N3O8S/c1-15-23-26(38)36(31(2,3)28(39)40)30(41)35(27(23)45-24(15)25-34-8-9-42-25)14-22(20-6-4-5-7-21(20)44-29(32)33)43-19-12-16-10-18(37)11-17(16)13-19/h4-9,16-19,22,29,37H,10-14H2,1-3H3,(H,39,40)/t16-,17?,18?,19?,22?/m0/s1. The van der Waals surface area contributed by atoms with Crippen molar-refractivity contribution in [2.75, 3.05) is 0 Å². The molecular weight excluding hydrogens is 612 g/mol. The molecule has 0 aliphatic heterocycles. The first-order chi connectivity index (χ1) is 21.4. The van der Waals surface area contributed by atoms with Crippen molar-refractivity contribution in [1.29, 1.82) is 0 Å². The van der Waals surface area contributed by atoms with Crippen molar-refractivity contribution in [3.05, 3.63) is 68.7 Å². The minimum absolute atomic E-state index is 0.113. The Hall–Kier alpha value is -3.88. The van der Waals surface area contributed by atoms with E-state index in [1.807, 2.05) is 0 Å². The zero-order valence-electron chi connectivity index (χ0n) is 24.8. The van der Waals surface area contributed by atoms with Gasteiger partial charge in [0.1, 0.15) is 28.5 Å². The van der Waals surface area contributed by atoms with E-state index in [0.717, 1.165) is 11.3 Å². The molecule has 0 spiro atoms. The lowest BCUT2D eigenvalue weighted by Crippen LogP contribution is -2.52. The highest BCUT2D eigenvalue weighted by molar-refractivity contribution is 7.22. The van der Waals surface area contributed by atoms with Gasteiger partial charge in [0.15, 0.2) is 0 Å². The van der Waals surface area contributed by atoms with Crippen molar-refractivity contribution in [1.82, 2.24) is 14.1 Å². The van der Waals surface area contributed by atoms with Gasteiger partial charge in [-0.05, 0) is 69.9 Å². The average Bonchev–Trinajstić information content (AvgIpc) is 3.74. The summed E-state index contributed by atoms with van der Waals surface area (Å²) in [5, 5.41) is 20.3. The van der Waals surface area contributed by atoms with Crippen molar-refractivity contribution < 1.29 is 37.7 Å². The molecule has 2 fully saturated rings. The molecule has 4 unspecified atom stereocenters. The number of para-hydroxylation sites is 1. The summed E-state index contributed by atoms with van der Waals surface area (Å²) in [4.78, 5) is 45.4. The second-order valence-corrected chi connectivity index (χ2v) is 13.3. The van der Waals surface area contributed by atoms with Crippen molar-refractivity contribution in [3.8, 4) is 16.5 Å². The third kappa shape index (κ3) is 5.59. The lowest BCUT2D eigenvalue weighted by atomic mass is 10.0. The molecule has 0 amide bonds. The number of halogens is 2. The molecule has 0 radical (unpaired) electrons. The van der Waals surface area contributed by atoms with E-state index in [1.165, 1.54) is 36.9 Å². The highest BCUT2D eigenvalue weighted by Crippen LogP contribution is 2.47. The number of fused-ring (bicyclic) bond motifs is 2. The van der Waals surface area contributed by atoms with Gasteiger partial charge >= 0.3 is 18.3 Å². The molecule has 5 atom stereocenters. The van der Waals surface area contributed by atoms with Crippen LogP contribution in [0.1, 0.15) is 56.8 Å². The molecule has 3 heterocycles. The molecule has 240 valence electrons. The number of aromatic nitrogens is 3. The number of rotatable bonds is 10. The first-order valence-corrected chi connectivity index (χ1v) is 15.5. The number of thiophene rings is 1. The van der Waals surface area contributed by atoms with Gasteiger partial charge in [0.2, 0.25) is 5.89 Å². The lowest BCUT2D eigenvalue weighted by Gasteiger charge is -2.28. The summed E-state index contributed by atoms with van der Waals surface area (Å²) in [7, 11) is 0. The van der Waals surface area contributed by atoms with Crippen molar-refractivity contribution >= 4 is 27.5 Å². The Balaban J connectivity index is 1.53. The maximum atomic E-state index is 14.2. The monoisotopic (exact) mass is 645 g/mol. The smallest absolute Gasteiger partial charge is 0.387 e. The Labute approximate surface area is 259 Å². The molecule has 6 rings (SSSR count). The van der Waals surface area contributed by atoms with E-state index in [9.17, 15) is 33.4 Å². The molecule has 4 aromatic rings. The number of alkyl halides is 2. The molecule has 14 heteroatoms. The number of hydrogen-bond acceptors (Lipinski definition) is 9. The van der Waals surface area contributed by atoms with Crippen LogP contribution < -0.4 is 16.0 Å². The largest absolute Gasteiger partial charge is 0.480 e. The van der Waals surface area contributed by atoms with Crippen LogP contribution >= 0.6 is 11.3 Å². The van der Waals surface area contributed by atoms with Crippen LogP contribution in [0.4, 0.5) is 8.78 Å². The van der Waals surface area contributed by atoms with Gasteiger partial charge < -0.3 is 24.1 Å². The molecule has 2 aliphatic carbocycles. The van der Waals surface area contributed by atoms with Gasteiger partial charge in [-0.2, -0.15) is 8.78 Å². The summed E-state index contributed by atoms with van der Waals surface area (Å²) in [6, 6.07) is 6.16. The summed E-state index contributed by atoms with van der Waals surface area (Å²) in [6.07, 6.45) is 3.79. The van der Waals surface area contributed by atoms with Crippen LogP contribution in [0, 0.1) is 18.8 Å². The number of ether oxygens (including phenoxy) is 2. The minimum Gasteiger partial charge on any atom is -0.480 e. The van der Waals surface area contributed by atoms with E-state index in [-0.39, 0.29) is 58.0 Å². The van der Waals surface area contributed by atoms with Crippen LogP contribution in [-0.2, 0) is 21.6 Å². The van der Waals surface area contributed by atoms with Gasteiger partial charge in [-0.25, -0.2) is 19.1 Å². The highest BCUT2D eigenvalue weighted by atomic mass is 32.1. The zero-order valence-corrected chi connectivity index (χ0v) is 25.6. The van der Waals surface area contributed by atoms with E-state index >= 15 is 0 Å². The van der Waals surface area contributed by atoms with Crippen molar-refractivity contribution in [3.63, 3.8) is 0 Å². The maximum Gasteiger partial charge on any atom is 0.387 e. The number of oxazole rings is 1. The van der Waals surface area contributed by atoms with Crippen LogP contribution in [0.15, 0.2) is 50.7 Å². The summed E-state index contributed by atoms with van der Waals surface area (Å²) in [5.41, 5.74) is -2.89. The SMILES string of the molecule is Cc1c(-c2ncco2)sc2c1c(=O)n(C(C)(C)C(=O)O)c(=O)n2CC(OC1CC2CC(O)C[C@H]2C1)c1ccccc1OC(F)F. The summed E-state index contributed by atoms with van der Waals surface area (Å²) in [5.74, 6) is -0.781. The van der Waals surface area contributed by atoms with Crippen molar-refractivity contribution in [2.45, 2.75) is 83.5 Å². The number of aliphatic hydroxyl groups is 1. The molecule has 2 aliphatic rings. The second kappa shape index (κ2) is 11.8. The Morgan fingerprint density at radius 3 is 2.49 bits per heavy atom. The zero-order chi connectivity index (χ0) is 32.2. The van der Waals surface area contributed by atoms with Gasteiger partial charge in [0.25, 0.3) is 5.56 Å². The fourth-order valence-corrected chi connectivity index (χ4v) is 8.08. The number of carboxylic acid groups (broad SMARTS) is 1. The Morgan fingerprint density at radius 1 is 1.18 bits per heavy atom. The number of nitrogens with zero attached hydrogens (tertiary/aromatic N) is 3. The van der Waals surface area contributed by atoms with Gasteiger partial charge in [-0.15, -0.1) is 11.3 Å². The van der Waals surface area contributed by atoms with Crippen LogP contribution in [-0.4, -0.2) is 49.1 Å². The fourth-order valence-electron chi connectivity index (χ4n) is 6.84. The number of hydrogen-bond donors (Lipinski definition) is 2. The number of benzene rings is 1. The third-order valence-corrected chi connectivity index (χ3v) is 10.4. The number of carbonyl (C=O) groups is 1. The van der Waals surface area contributed by atoms with E-state index in [1.54, 1.807) is 25.1 Å². The minimum atomic E-state index is -3.12. The maximum absolute atomic E-state index is 14.2. The van der Waals surface area contributed by atoms with Crippen LogP contribution in [0.2, 0.25) is 0 Å². The third-order valence-electron chi connectivity index (χ3n) is 9.06. The Morgan fingerprint density at radius 2 is 1.87 bits per heavy atom. The Bertz CT molecular complexity index is 1830. The Kier molecular flexibility index (Phi) is 8.16. The topological polar surface area (TPSA) is 146 Å². The normalized spacial score (nSPS) is 22.3. The summed E-state index contributed by atoms with van der Waals surface area (Å²) in [6.45, 7) is 0.828. The van der Waals surface area contributed by atoms with Gasteiger partial charge in [0.05, 0.1) is 35.2 Å². The fraction of sp³-hybridized carbons (Fsp3) is 0.484. The van der Waals surface area contributed by atoms with Crippen LogP contribution in [0.25, 0.3) is 21.0 Å². The van der Waals surface area contributed by atoms with E-state index in [0.29, 0.717) is 40.7 Å². The van der Waals surface area contributed by atoms with E-state index in [4.69, 9.17) is 13.9 Å². The van der Waals surface area contributed by atoms with Crippen LogP contribution in [0.5, 0.6) is 5.75 Å². The second-order valence-electron chi connectivity index (χ2n) is 12.3. The van der Waals surface area contributed by atoms with Crippen LogP contribution in [0.3, 0.4) is 0 Å². The summed E-state index contributed by atoms with van der Waals surface area (Å²) >= 11 is 1.08.